The SMILES string of the molecule is CC.CC.CC.CC.CC.CC(C)=O.CN1Cc2cc(Cl)ccc2-n2c(nnc2N2CC3(CNC3)C2)C1. The normalized spacial score (nSPS) is 15.2. The first-order valence-electron chi connectivity index (χ1n) is 14.2. The van der Waals surface area contributed by atoms with Crippen LogP contribution in [0.1, 0.15) is 94.5 Å². The molecule has 2 aromatic rings. The highest BCUT2D eigenvalue weighted by atomic mass is 35.5. The van der Waals surface area contributed by atoms with Crippen molar-refractivity contribution in [3.63, 3.8) is 0 Å². The number of Topliss-reactive ketones (excluding diaryl/α,β-unsaturated/α-hetero) is 1. The maximum Gasteiger partial charge on any atom is 0.231 e. The van der Waals surface area contributed by atoms with Gasteiger partial charge in [-0.1, -0.05) is 80.8 Å². The number of nitrogens with zero attached hydrogens (tertiary/aromatic N) is 5. The summed E-state index contributed by atoms with van der Waals surface area (Å²) in [5, 5.41) is 13.1. The van der Waals surface area contributed by atoms with E-state index in [1.807, 2.05) is 75.3 Å². The van der Waals surface area contributed by atoms with E-state index >= 15 is 0 Å². The average molecular weight is 539 g/mol. The van der Waals surface area contributed by atoms with Gasteiger partial charge in [-0.25, -0.2) is 0 Å². The molecule has 1 N–H and O–H groups in total. The number of carbonyl (C=O) groups excluding carboxylic acids is 1. The number of fused-ring (bicyclic) bond motifs is 3. The number of hydrogen-bond acceptors (Lipinski definition) is 6. The third kappa shape index (κ3) is 10.4. The van der Waals surface area contributed by atoms with Crippen LogP contribution in [-0.2, 0) is 17.9 Å². The van der Waals surface area contributed by atoms with E-state index in [-0.39, 0.29) is 5.78 Å². The van der Waals surface area contributed by atoms with E-state index < -0.39 is 0 Å². The summed E-state index contributed by atoms with van der Waals surface area (Å²) >= 11 is 6.21. The second-order valence-electron chi connectivity index (χ2n) is 8.06. The Labute approximate surface area is 233 Å². The minimum absolute atomic E-state index is 0.167. The van der Waals surface area contributed by atoms with Gasteiger partial charge in [0.25, 0.3) is 0 Å². The third-order valence-corrected chi connectivity index (χ3v) is 5.42. The van der Waals surface area contributed by atoms with Gasteiger partial charge < -0.3 is 15.0 Å². The number of halogens is 1. The second kappa shape index (κ2) is 20.1. The molecule has 4 heterocycles. The van der Waals surface area contributed by atoms with Crippen LogP contribution in [0, 0.1) is 5.41 Å². The molecule has 214 valence electrons. The predicted octanol–water partition coefficient (Wildman–Crippen LogP) is 7.00. The van der Waals surface area contributed by atoms with Crippen LogP contribution in [0.3, 0.4) is 0 Å². The van der Waals surface area contributed by atoms with E-state index in [9.17, 15) is 4.79 Å². The highest BCUT2D eigenvalue weighted by Gasteiger charge is 2.49. The smallest absolute Gasteiger partial charge is 0.231 e. The average Bonchev–Trinajstić information content (AvgIpc) is 3.20. The van der Waals surface area contributed by atoms with Crippen molar-refractivity contribution in [1.29, 1.82) is 0 Å². The number of anilines is 1. The van der Waals surface area contributed by atoms with Crippen molar-refractivity contribution >= 4 is 23.3 Å². The van der Waals surface area contributed by atoms with Crippen LogP contribution >= 0.6 is 11.6 Å². The standard InChI is InChI=1S/C16H19ClN6.C3H6O.5C2H6/c1-21-5-11-4-12(17)2-3-13(11)23-14(6-21)19-20-15(23)22-9-16(10-22)7-18-8-16;1-3(2)4;5*1-2/h2-4,18H,5-10H2,1H3;1-2H3;5*1-2H3. The molecule has 3 aliphatic rings. The van der Waals surface area contributed by atoms with Crippen molar-refractivity contribution in [3.05, 3.63) is 34.6 Å². The van der Waals surface area contributed by atoms with E-state index in [0.29, 0.717) is 5.41 Å². The van der Waals surface area contributed by atoms with Gasteiger partial charge in [0.1, 0.15) is 5.78 Å². The van der Waals surface area contributed by atoms with Gasteiger partial charge in [-0.2, -0.15) is 0 Å². The van der Waals surface area contributed by atoms with Gasteiger partial charge in [0.05, 0.1) is 12.2 Å². The molecule has 0 aliphatic carbocycles. The molecule has 1 aromatic carbocycles. The van der Waals surface area contributed by atoms with Gasteiger partial charge in [0.2, 0.25) is 5.95 Å². The first-order valence-corrected chi connectivity index (χ1v) is 14.6. The summed E-state index contributed by atoms with van der Waals surface area (Å²) in [6.45, 7) is 29.1. The van der Waals surface area contributed by atoms with Crippen molar-refractivity contribution < 1.29 is 4.79 Å². The van der Waals surface area contributed by atoms with Crippen molar-refractivity contribution in [1.82, 2.24) is 25.0 Å². The topological polar surface area (TPSA) is 66.3 Å². The van der Waals surface area contributed by atoms with Crippen LogP contribution in [0.2, 0.25) is 5.02 Å². The Morgan fingerprint density at radius 3 is 1.86 bits per heavy atom. The molecular formula is C29H55ClN6O. The van der Waals surface area contributed by atoms with E-state index in [4.69, 9.17) is 11.6 Å². The fourth-order valence-electron chi connectivity index (χ4n) is 3.96. The molecular weight excluding hydrogens is 484 g/mol. The molecule has 37 heavy (non-hydrogen) atoms. The van der Waals surface area contributed by atoms with Crippen LogP contribution in [0.5, 0.6) is 0 Å². The van der Waals surface area contributed by atoms with Gasteiger partial charge in [0, 0.05) is 43.2 Å². The fraction of sp³-hybridized carbons (Fsp3) is 0.690. The summed E-state index contributed by atoms with van der Waals surface area (Å²) in [7, 11) is 2.10. The molecule has 0 bridgehead atoms. The fourth-order valence-corrected chi connectivity index (χ4v) is 4.15. The Balaban J connectivity index is 0. The molecule has 2 fully saturated rings. The van der Waals surface area contributed by atoms with Crippen LogP contribution in [-0.4, -0.2) is 58.7 Å². The summed E-state index contributed by atoms with van der Waals surface area (Å²) in [4.78, 5) is 14.0. The molecule has 0 unspecified atom stereocenters. The Morgan fingerprint density at radius 2 is 1.41 bits per heavy atom. The van der Waals surface area contributed by atoms with Crippen LogP contribution in [0.15, 0.2) is 18.2 Å². The number of rotatable bonds is 1. The number of carbonyl (C=O) groups is 1. The van der Waals surface area contributed by atoms with Gasteiger partial charge in [-0.3, -0.25) is 9.47 Å². The van der Waals surface area contributed by atoms with Gasteiger partial charge in [0.15, 0.2) is 5.82 Å². The summed E-state index contributed by atoms with van der Waals surface area (Å²) in [6, 6.07) is 6.10. The van der Waals surface area contributed by atoms with Crippen molar-refractivity contribution in [2.24, 2.45) is 5.41 Å². The Morgan fingerprint density at radius 1 is 0.892 bits per heavy atom. The molecule has 0 radical (unpaired) electrons. The first kappa shape index (κ1) is 37.2. The van der Waals surface area contributed by atoms with Crippen LogP contribution in [0.4, 0.5) is 5.95 Å². The lowest BCUT2D eigenvalue weighted by atomic mass is 9.75. The van der Waals surface area contributed by atoms with Crippen molar-refractivity contribution in [2.75, 3.05) is 38.1 Å². The van der Waals surface area contributed by atoms with Crippen molar-refractivity contribution in [2.45, 2.75) is 96.2 Å². The Hall–Kier alpha value is -1.96. The summed E-state index contributed by atoms with van der Waals surface area (Å²) in [5.41, 5.74) is 2.85. The summed E-state index contributed by atoms with van der Waals surface area (Å²) in [5.74, 6) is 2.13. The van der Waals surface area contributed by atoms with Gasteiger partial charge >= 0.3 is 0 Å². The highest BCUT2D eigenvalue weighted by molar-refractivity contribution is 6.30. The second-order valence-corrected chi connectivity index (χ2v) is 8.50. The number of hydrogen-bond donors (Lipinski definition) is 1. The Bertz CT molecular complexity index is 867. The zero-order valence-corrected chi connectivity index (χ0v) is 26.8. The Kier molecular flexibility index (Phi) is 20.2. The van der Waals surface area contributed by atoms with Gasteiger partial charge in [-0.15, -0.1) is 10.2 Å². The molecule has 0 atom stereocenters. The van der Waals surface area contributed by atoms with E-state index in [1.165, 1.54) is 19.4 Å². The molecule has 0 saturated carbocycles. The van der Waals surface area contributed by atoms with E-state index in [0.717, 1.165) is 61.8 Å². The molecule has 0 amide bonds. The monoisotopic (exact) mass is 538 g/mol. The highest BCUT2D eigenvalue weighted by Crippen LogP contribution is 2.38. The van der Waals surface area contributed by atoms with E-state index in [2.05, 4.69) is 49.1 Å². The lowest BCUT2D eigenvalue weighted by molar-refractivity contribution is -0.114. The maximum absolute atomic E-state index is 9.44. The quantitative estimate of drug-likeness (QED) is 0.421. The van der Waals surface area contributed by atoms with Crippen LogP contribution in [0.25, 0.3) is 5.69 Å². The van der Waals surface area contributed by atoms with E-state index in [1.54, 1.807) is 0 Å². The molecule has 2 saturated heterocycles. The zero-order valence-electron chi connectivity index (χ0n) is 26.0. The number of ketones is 1. The summed E-state index contributed by atoms with van der Waals surface area (Å²) in [6.07, 6.45) is 0. The van der Waals surface area contributed by atoms with Crippen molar-refractivity contribution in [3.8, 4) is 5.69 Å². The van der Waals surface area contributed by atoms with Gasteiger partial charge in [-0.05, 0) is 44.7 Å². The molecule has 1 aromatic heterocycles. The molecule has 8 heteroatoms. The lowest BCUT2D eigenvalue weighted by Crippen LogP contribution is -2.71. The summed E-state index contributed by atoms with van der Waals surface area (Å²) < 4.78 is 2.22. The third-order valence-electron chi connectivity index (χ3n) is 5.18. The molecule has 3 aliphatic heterocycles. The molecule has 1 spiro atoms. The lowest BCUT2D eigenvalue weighted by Gasteiger charge is -2.56. The maximum atomic E-state index is 9.44. The number of aromatic nitrogens is 3. The minimum atomic E-state index is 0.167. The first-order chi connectivity index (χ1) is 17.9. The largest absolute Gasteiger partial charge is 0.339 e. The zero-order chi connectivity index (χ0) is 29.2. The molecule has 7 nitrogen and oxygen atoms in total. The number of benzene rings is 1. The predicted molar refractivity (Wildman–Crippen MR) is 162 cm³/mol. The number of nitrogens with one attached hydrogen (secondary N) is 1. The minimum Gasteiger partial charge on any atom is -0.339 e. The molecule has 5 rings (SSSR count). The van der Waals surface area contributed by atoms with Crippen LogP contribution < -0.4 is 10.2 Å².